The van der Waals surface area contributed by atoms with E-state index >= 15 is 0 Å². The molecule has 0 aromatic carbocycles. The zero-order valence-corrected chi connectivity index (χ0v) is 9.50. The monoisotopic (exact) mass is 214 g/mol. The van der Waals surface area contributed by atoms with E-state index in [1.165, 1.54) is 0 Å². The topological polar surface area (TPSA) is 63.6 Å². The molecule has 0 heterocycles. The molecule has 15 heavy (non-hydrogen) atoms. The average Bonchev–Trinajstić information content (AvgIpc) is 2.07. The Morgan fingerprint density at radius 2 is 1.80 bits per heavy atom. The van der Waals surface area contributed by atoms with Crippen LogP contribution in [0.5, 0.6) is 0 Å². The second kappa shape index (κ2) is 3.93. The molecule has 1 aliphatic carbocycles. The molecule has 0 amide bonds. The maximum Gasteiger partial charge on any atom is 0.338 e. The summed E-state index contributed by atoms with van der Waals surface area (Å²) in [5.74, 6) is -0.509. The number of rotatable bonds is 1. The standard InChI is InChI=1S/C11H18O4/c1-10(2,3)15-9(13)11(14)6-4-8(12)5-7-11/h14H,4-7H2,1-3H3. The first-order chi connectivity index (χ1) is 6.73. The highest BCUT2D eigenvalue weighted by atomic mass is 16.6. The maximum atomic E-state index is 11.7. The van der Waals surface area contributed by atoms with Crippen molar-refractivity contribution < 1.29 is 19.4 Å². The summed E-state index contributed by atoms with van der Waals surface area (Å²) in [6.45, 7) is 5.26. The number of Topliss-reactive ketones (excluding diaryl/α,β-unsaturated/α-hetero) is 1. The number of carbonyl (C=O) groups excluding carboxylic acids is 2. The molecule has 0 bridgehead atoms. The molecule has 1 fully saturated rings. The SMILES string of the molecule is CC(C)(C)OC(=O)C1(O)CCC(=O)CC1. The number of aliphatic hydroxyl groups is 1. The molecule has 0 aromatic heterocycles. The summed E-state index contributed by atoms with van der Waals surface area (Å²) in [4.78, 5) is 22.7. The van der Waals surface area contributed by atoms with E-state index in [0.717, 1.165) is 0 Å². The third kappa shape index (κ3) is 3.30. The zero-order chi connectivity index (χ0) is 11.7. The molecule has 0 atom stereocenters. The smallest absolute Gasteiger partial charge is 0.338 e. The lowest BCUT2D eigenvalue weighted by Crippen LogP contribution is -2.46. The van der Waals surface area contributed by atoms with Crippen LogP contribution >= 0.6 is 0 Å². The fourth-order valence-electron chi connectivity index (χ4n) is 1.52. The molecule has 0 aliphatic heterocycles. The minimum absolute atomic E-state index is 0.100. The van der Waals surface area contributed by atoms with Crippen LogP contribution in [0.3, 0.4) is 0 Å². The molecule has 1 rings (SSSR count). The van der Waals surface area contributed by atoms with E-state index in [4.69, 9.17) is 4.74 Å². The number of ketones is 1. The van der Waals surface area contributed by atoms with Gasteiger partial charge >= 0.3 is 5.97 Å². The molecule has 86 valence electrons. The van der Waals surface area contributed by atoms with Gasteiger partial charge in [-0.1, -0.05) is 0 Å². The van der Waals surface area contributed by atoms with Gasteiger partial charge in [-0.05, 0) is 33.6 Å². The first kappa shape index (κ1) is 12.2. The lowest BCUT2D eigenvalue weighted by molar-refractivity contribution is -0.180. The third-order valence-corrected chi connectivity index (χ3v) is 2.41. The van der Waals surface area contributed by atoms with Crippen molar-refractivity contribution in [3.63, 3.8) is 0 Å². The molecule has 0 unspecified atom stereocenters. The van der Waals surface area contributed by atoms with Gasteiger partial charge in [0.15, 0.2) is 5.60 Å². The summed E-state index contributed by atoms with van der Waals surface area (Å²) in [6, 6.07) is 0. The Bertz CT molecular complexity index is 265. The summed E-state index contributed by atoms with van der Waals surface area (Å²) < 4.78 is 5.12. The summed E-state index contributed by atoms with van der Waals surface area (Å²) >= 11 is 0. The van der Waals surface area contributed by atoms with Crippen LogP contribution in [0.25, 0.3) is 0 Å². The van der Waals surface area contributed by atoms with Gasteiger partial charge in [-0.2, -0.15) is 0 Å². The number of esters is 1. The Labute approximate surface area is 89.6 Å². The minimum atomic E-state index is -1.46. The van der Waals surface area contributed by atoms with Crippen molar-refractivity contribution in [2.24, 2.45) is 0 Å². The second-order valence-electron chi connectivity index (χ2n) is 5.07. The lowest BCUT2D eigenvalue weighted by Gasteiger charge is -2.32. The molecule has 4 nitrogen and oxygen atoms in total. The van der Waals surface area contributed by atoms with Gasteiger partial charge < -0.3 is 9.84 Å². The Hall–Kier alpha value is -0.900. The van der Waals surface area contributed by atoms with Crippen LogP contribution in [0, 0.1) is 0 Å². The quantitative estimate of drug-likeness (QED) is 0.666. The van der Waals surface area contributed by atoms with E-state index < -0.39 is 17.2 Å². The van der Waals surface area contributed by atoms with Crippen molar-refractivity contribution in [3.8, 4) is 0 Å². The van der Waals surface area contributed by atoms with Gasteiger partial charge in [-0.3, -0.25) is 4.79 Å². The summed E-state index contributed by atoms with van der Waals surface area (Å²) in [6.07, 6.45) is 0.882. The summed E-state index contributed by atoms with van der Waals surface area (Å²) in [7, 11) is 0. The predicted octanol–water partition coefficient (Wildman–Crippen LogP) is 1.20. The van der Waals surface area contributed by atoms with E-state index in [1.54, 1.807) is 20.8 Å². The fourth-order valence-corrected chi connectivity index (χ4v) is 1.52. The minimum Gasteiger partial charge on any atom is -0.458 e. The largest absolute Gasteiger partial charge is 0.458 e. The van der Waals surface area contributed by atoms with Crippen molar-refractivity contribution in [3.05, 3.63) is 0 Å². The van der Waals surface area contributed by atoms with Crippen molar-refractivity contribution in [1.82, 2.24) is 0 Å². The highest BCUT2D eigenvalue weighted by Crippen LogP contribution is 2.28. The first-order valence-corrected chi connectivity index (χ1v) is 5.20. The van der Waals surface area contributed by atoms with E-state index in [-0.39, 0.29) is 31.5 Å². The first-order valence-electron chi connectivity index (χ1n) is 5.20. The summed E-state index contributed by atoms with van der Waals surface area (Å²) in [5.41, 5.74) is -2.06. The predicted molar refractivity (Wildman–Crippen MR) is 54.3 cm³/mol. The Balaban J connectivity index is 2.62. The van der Waals surface area contributed by atoms with Gasteiger partial charge in [-0.15, -0.1) is 0 Å². The molecule has 1 aliphatic rings. The van der Waals surface area contributed by atoms with Gasteiger partial charge in [0.2, 0.25) is 0 Å². The van der Waals surface area contributed by atoms with E-state index in [1.807, 2.05) is 0 Å². The molecule has 0 saturated heterocycles. The number of carbonyl (C=O) groups is 2. The molecule has 0 radical (unpaired) electrons. The molecule has 0 aromatic rings. The maximum absolute atomic E-state index is 11.7. The third-order valence-electron chi connectivity index (χ3n) is 2.41. The second-order valence-corrected chi connectivity index (χ2v) is 5.07. The number of ether oxygens (including phenoxy) is 1. The van der Waals surface area contributed by atoms with Crippen molar-refractivity contribution in [2.45, 2.75) is 57.7 Å². The van der Waals surface area contributed by atoms with Crippen LogP contribution in [0.2, 0.25) is 0 Å². The fraction of sp³-hybridized carbons (Fsp3) is 0.818. The number of hydrogen-bond donors (Lipinski definition) is 1. The Kier molecular flexibility index (Phi) is 3.19. The molecule has 1 saturated carbocycles. The van der Waals surface area contributed by atoms with Crippen LogP contribution in [0.4, 0.5) is 0 Å². The highest BCUT2D eigenvalue weighted by Gasteiger charge is 2.42. The molecular formula is C11H18O4. The van der Waals surface area contributed by atoms with Crippen LogP contribution in [-0.4, -0.2) is 28.1 Å². The van der Waals surface area contributed by atoms with Gasteiger partial charge in [0.1, 0.15) is 11.4 Å². The zero-order valence-electron chi connectivity index (χ0n) is 9.50. The van der Waals surface area contributed by atoms with E-state index in [9.17, 15) is 14.7 Å². The normalized spacial score (nSPS) is 21.2. The molecule has 4 heteroatoms. The van der Waals surface area contributed by atoms with Gasteiger partial charge in [0, 0.05) is 12.8 Å². The Morgan fingerprint density at radius 3 is 2.20 bits per heavy atom. The molecular weight excluding hydrogens is 196 g/mol. The van der Waals surface area contributed by atoms with Crippen LogP contribution in [-0.2, 0) is 14.3 Å². The number of hydrogen-bond acceptors (Lipinski definition) is 4. The average molecular weight is 214 g/mol. The Morgan fingerprint density at radius 1 is 1.33 bits per heavy atom. The van der Waals surface area contributed by atoms with Crippen LogP contribution in [0.1, 0.15) is 46.5 Å². The molecule has 0 spiro atoms. The summed E-state index contributed by atoms with van der Waals surface area (Å²) in [5, 5.41) is 9.99. The van der Waals surface area contributed by atoms with Gasteiger partial charge in [0.05, 0.1) is 0 Å². The van der Waals surface area contributed by atoms with E-state index in [2.05, 4.69) is 0 Å². The van der Waals surface area contributed by atoms with Crippen molar-refractivity contribution >= 4 is 11.8 Å². The van der Waals surface area contributed by atoms with Gasteiger partial charge in [0.25, 0.3) is 0 Å². The highest BCUT2D eigenvalue weighted by molar-refractivity contribution is 5.86. The van der Waals surface area contributed by atoms with Gasteiger partial charge in [-0.25, -0.2) is 4.79 Å². The van der Waals surface area contributed by atoms with Crippen molar-refractivity contribution in [2.75, 3.05) is 0 Å². The van der Waals surface area contributed by atoms with Crippen LogP contribution < -0.4 is 0 Å². The van der Waals surface area contributed by atoms with Crippen LogP contribution in [0.15, 0.2) is 0 Å². The van der Waals surface area contributed by atoms with Crippen molar-refractivity contribution in [1.29, 1.82) is 0 Å². The lowest BCUT2D eigenvalue weighted by atomic mass is 9.84. The molecule has 1 N–H and O–H groups in total. The van der Waals surface area contributed by atoms with E-state index in [0.29, 0.717) is 0 Å².